The largest absolute Gasteiger partial charge is 0.507 e. The SMILES string of the molecule is Cc1ccc(O)c(C(=O)NC(C)(C)/C(N)=N/O)c1. The van der Waals surface area contributed by atoms with Gasteiger partial charge in [0.2, 0.25) is 0 Å². The van der Waals surface area contributed by atoms with Crippen molar-refractivity contribution in [3.63, 3.8) is 0 Å². The first-order chi connectivity index (χ1) is 8.27. The number of aromatic hydroxyl groups is 1. The second kappa shape index (κ2) is 4.95. The number of oxime groups is 1. The van der Waals surface area contributed by atoms with E-state index in [1.165, 1.54) is 6.07 Å². The summed E-state index contributed by atoms with van der Waals surface area (Å²) in [5, 5.41) is 23.7. The van der Waals surface area contributed by atoms with Crippen LogP contribution in [0.5, 0.6) is 5.75 Å². The summed E-state index contributed by atoms with van der Waals surface area (Å²) in [5.74, 6) is -0.732. The van der Waals surface area contributed by atoms with E-state index in [4.69, 9.17) is 10.9 Å². The van der Waals surface area contributed by atoms with Crippen LogP contribution in [0.4, 0.5) is 0 Å². The van der Waals surface area contributed by atoms with Gasteiger partial charge < -0.3 is 21.4 Å². The van der Waals surface area contributed by atoms with Crippen molar-refractivity contribution >= 4 is 11.7 Å². The Bertz CT molecular complexity index is 495. The molecular weight excluding hydrogens is 234 g/mol. The Labute approximate surface area is 105 Å². The molecular formula is C12H17N3O3. The van der Waals surface area contributed by atoms with Gasteiger partial charge in [-0.3, -0.25) is 4.79 Å². The van der Waals surface area contributed by atoms with Crippen LogP contribution in [0, 0.1) is 6.92 Å². The zero-order valence-corrected chi connectivity index (χ0v) is 10.6. The first-order valence-corrected chi connectivity index (χ1v) is 5.38. The van der Waals surface area contributed by atoms with Gasteiger partial charge in [-0.1, -0.05) is 16.8 Å². The van der Waals surface area contributed by atoms with Crippen molar-refractivity contribution < 1.29 is 15.1 Å². The van der Waals surface area contributed by atoms with Crippen LogP contribution in [-0.4, -0.2) is 27.6 Å². The van der Waals surface area contributed by atoms with Crippen LogP contribution in [0.25, 0.3) is 0 Å². The number of phenols is 1. The molecule has 1 amide bonds. The van der Waals surface area contributed by atoms with Crippen molar-refractivity contribution in [1.82, 2.24) is 5.32 Å². The number of aryl methyl sites for hydroxylation is 1. The first kappa shape index (κ1) is 13.8. The van der Waals surface area contributed by atoms with Crippen molar-refractivity contribution in [3.05, 3.63) is 29.3 Å². The van der Waals surface area contributed by atoms with E-state index in [0.29, 0.717) is 0 Å². The average molecular weight is 251 g/mol. The van der Waals surface area contributed by atoms with Crippen LogP contribution in [0.2, 0.25) is 0 Å². The summed E-state index contributed by atoms with van der Waals surface area (Å²) >= 11 is 0. The van der Waals surface area contributed by atoms with Crippen LogP contribution in [0.1, 0.15) is 29.8 Å². The Morgan fingerprint density at radius 2 is 2.06 bits per heavy atom. The van der Waals surface area contributed by atoms with E-state index < -0.39 is 11.4 Å². The van der Waals surface area contributed by atoms with Crippen LogP contribution in [0.3, 0.4) is 0 Å². The monoisotopic (exact) mass is 251 g/mol. The Kier molecular flexibility index (Phi) is 3.80. The molecule has 0 fully saturated rings. The van der Waals surface area contributed by atoms with Gasteiger partial charge >= 0.3 is 0 Å². The maximum absolute atomic E-state index is 12.0. The summed E-state index contributed by atoms with van der Waals surface area (Å²) < 4.78 is 0. The van der Waals surface area contributed by atoms with E-state index >= 15 is 0 Å². The third-order valence-electron chi connectivity index (χ3n) is 2.57. The number of benzene rings is 1. The molecule has 18 heavy (non-hydrogen) atoms. The van der Waals surface area contributed by atoms with Crippen molar-refractivity contribution in [2.24, 2.45) is 10.9 Å². The van der Waals surface area contributed by atoms with Gasteiger partial charge in [0.25, 0.3) is 5.91 Å². The number of nitrogens with two attached hydrogens (primary N) is 1. The lowest BCUT2D eigenvalue weighted by atomic mass is 10.0. The number of hydrogen-bond acceptors (Lipinski definition) is 4. The molecule has 0 aliphatic rings. The number of nitrogens with zero attached hydrogens (tertiary/aromatic N) is 1. The smallest absolute Gasteiger partial charge is 0.255 e. The molecule has 0 aliphatic carbocycles. The second-order valence-corrected chi connectivity index (χ2v) is 4.58. The number of rotatable bonds is 3. The summed E-state index contributed by atoms with van der Waals surface area (Å²) in [4.78, 5) is 12.0. The molecule has 0 unspecified atom stereocenters. The van der Waals surface area contributed by atoms with Crippen molar-refractivity contribution in [1.29, 1.82) is 0 Å². The lowest BCUT2D eigenvalue weighted by Gasteiger charge is -2.24. The molecule has 0 saturated heterocycles. The summed E-state index contributed by atoms with van der Waals surface area (Å²) in [6.07, 6.45) is 0. The number of nitrogens with one attached hydrogen (secondary N) is 1. The minimum absolute atomic E-state index is 0.117. The number of hydrogen-bond donors (Lipinski definition) is 4. The topological polar surface area (TPSA) is 108 Å². The fraction of sp³-hybridized carbons (Fsp3) is 0.333. The van der Waals surface area contributed by atoms with Crippen LogP contribution < -0.4 is 11.1 Å². The maximum atomic E-state index is 12.0. The van der Waals surface area contributed by atoms with Crippen LogP contribution in [0.15, 0.2) is 23.4 Å². The zero-order valence-electron chi connectivity index (χ0n) is 10.6. The molecule has 0 heterocycles. The highest BCUT2D eigenvalue weighted by atomic mass is 16.4. The van der Waals surface area contributed by atoms with Gasteiger partial charge in [0.05, 0.1) is 11.1 Å². The molecule has 1 aromatic carbocycles. The molecule has 0 bridgehead atoms. The van der Waals surface area contributed by atoms with Gasteiger partial charge in [-0.25, -0.2) is 0 Å². The first-order valence-electron chi connectivity index (χ1n) is 5.38. The van der Waals surface area contributed by atoms with Gasteiger partial charge in [0.1, 0.15) is 5.75 Å². The second-order valence-electron chi connectivity index (χ2n) is 4.58. The predicted octanol–water partition coefficient (Wildman–Crippen LogP) is 0.955. The number of amidine groups is 1. The number of carbonyl (C=O) groups excluding carboxylic acids is 1. The Hall–Kier alpha value is -2.24. The van der Waals surface area contributed by atoms with Gasteiger partial charge in [-0.2, -0.15) is 0 Å². The molecule has 0 spiro atoms. The van der Waals surface area contributed by atoms with Gasteiger partial charge in [0, 0.05) is 0 Å². The van der Waals surface area contributed by atoms with E-state index in [-0.39, 0.29) is 17.1 Å². The minimum atomic E-state index is -1.01. The standard InChI is InChI=1S/C12H17N3O3/c1-7-4-5-9(16)8(6-7)10(17)14-12(2,3)11(13)15-18/h4-6,16,18H,1-3H3,(H2,13,15)(H,14,17). The lowest BCUT2D eigenvalue weighted by Crippen LogP contribution is -2.53. The highest BCUT2D eigenvalue weighted by Crippen LogP contribution is 2.19. The van der Waals surface area contributed by atoms with Crippen molar-refractivity contribution in [2.75, 3.05) is 0 Å². The molecule has 1 rings (SSSR count). The molecule has 98 valence electrons. The normalized spacial score (nSPS) is 12.3. The molecule has 6 nitrogen and oxygen atoms in total. The van der Waals surface area contributed by atoms with E-state index in [2.05, 4.69) is 10.5 Å². The zero-order chi connectivity index (χ0) is 13.9. The third kappa shape index (κ3) is 2.91. The minimum Gasteiger partial charge on any atom is -0.507 e. The quantitative estimate of drug-likeness (QED) is 0.277. The van der Waals surface area contributed by atoms with Gasteiger partial charge in [0.15, 0.2) is 5.84 Å². The lowest BCUT2D eigenvalue weighted by molar-refractivity contribution is 0.0928. The van der Waals surface area contributed by atoms with E-state index in [0.717, 1.165) is 5.56 Å². The summed E-state index contributed by atoms with van der Waals surface area (Å²) in [6.45, 7) is 4.99. The van der Waals surface area contributed by atoms with Gasteiger partial charge in [-0.15, -0.1) is 0 Å². The fourth-order valence-corrected chi connectivity index (χ4v) is 1.37. The molecule has 0 aliphatic heterocycles. The van der Waals surface area contributed by atoms with E-state index in [1.807, 2.05) is 6.92 Å². The molecule has 0 radical (unpaired) electrons. The van der Waals surface area contributed by atoms with E-state index in [1.54, 1.807) is 26.0 Å². The van der Waals surface area contributed by atoms with Crippen molar-refractivity contribution in [2.45, 2.75) is 26.3 Å². The Balaban J connectivity index is 2.99. The Morgan fingerprint density at radius 1 is 1.44 bits per heavy atom. The number of amides is 1. The maximum Gasteiger partial charge on any atom is 0.255 e. The molecule has 6 heteroatoms. The summed E-state index contributed by atoms with van der Waals surface area (Å²) in [5.41, 5.74) is 5.45. The predicted molar refractivity (Wildman–Crippen MR) is 67.8 cm³/mol. The molecule has 5 N–H and O–H groups in total. The molecule has 0 saturated carbocycles. The van der Waals surface area contributed by atoms with Crippen LogP contribution >= 0.6 is 0 Å². The van der Waals surface area contributed by atoms with Gasteiger partial charge in [-0.05, 0) is 32.9 Å². The Morgan fingerprint density at radius 3 is 2.61 bits per heavy atom. The highest BCUT2D eigenvalue weighted by molar-refractivity contribution is 6.01. The van der Waals surface area contributed by atoms with Crippen molar-refractivity contribution in [3.8, 4) is 5.75 Å². The number of phenolic OH excluding ortho intramolecular Hbond substituents is 1. The summed E-state index contributed by atoms with van der Waals surface area (Å²) in [7, 11) is 0. The molecule has 1 aromatic rings. The third-order valence-corrected chi connectivity index (χ3v) is 2.57. The summed E-state index contributed by atoms with van der Waals surface area (Å²) in [6, 6.07) is 4.70. The fourth-order valence-electron chi connectivity index (χ4n) is 1.37. The van der Waals surface area contributed by atoms with E-state index in [9.17, 15) is 9.90 Å². The van der Waals surface area contributed by atoms with Crippen LogP contribution in [-0.2, 0) is 0 Å². The highest BCUT2D eigenvalue weighted by Gasteiger charge is 2.27. The number of carbonyl (C=O) groups is 1. The molecule has 0 aromatic heterocycles. The average Bonchev–Trinajstić information content (AvgIpc) is 2.30. The molecule has 0 atom stereocenters.